The van der Waals surface area contributed by atoms with E-state index in [1.54, 1.807) is 0 Å². The highest BCUT2D eigenvalue weighted by molar-refractivity contribution is 5.99. The Bertz CT molecular complexity index is 521. The number of amidine groups is 2. The minimum Gasteiger partial charge on any atom is -0.368 e. The van der Waals surface area contributed by atoms with E-state index in [0.717, 1.165) is 25.5 Å². The van der Waals surface area contributed by atoms with Crippen LogP contribution < -0.4 is 5.32 Å². The van der Waals surface area contributed by atoms with Crippen molar-refractivity contribution in [1.29, 1.82) is 0 Å². The summed E-state index contributed by atoms with van der Waals surface area (Å²) >= 11 is 0. The average Bonchev–Trinajstić information content (AvgIpc) is 3.02. The first-order valence-electron chi connectivity index (χ1n) is 8.55. The van der Waals surface area contributed by atoms with Crippen molar-refractivity contribution in [3.05, 3.63) is 35.9 Å². The van der Waals surface area contributed by atoms with Gasteiger partial charge in [-0.05, 0) is 19.3 Å². The van der Waals surface area contributed by atoms with Crippen LogP contribution in [-0.4, -0.2) is 49.3 Å². The van der Waals surface area contributed by atoms with E-state index in [1.165, 1.54) is 56.6 Å². The fraction of sp³-hybridized carbons (Fsp3) is 0.556. The number of hydrogen-bond acceptors (Lipinski definition) is 4. The third-order valence-corrected chi connectivity index (χ3v) is 4.30. The molecule has 4 rings (SSSR count). The molecule has 0 aliphatic carbocycles. The lowest BCUT2D eigenvalue weighted by molar-refractivity contribution is 0.391. The molecule has 1 aromatic rings. The van der Waals surface area contributed by atoms with Crippen molar-refractivity contribution in [3.63, 3.8) is 0 Å². The molecule has 4 heteroatoms. The van der Waals surface area contributed by atoms with Crippen molar-refractivity contribution in [3.8, 4) is 0 Å². The molecule has 0 aromatic heterocycles. The topological polar surface area (TPSA) is 40.0 Å². The van der Waals surface area contributed by atoms with E-state index in [4.69, 9.17) is 0 Å². The molecule has 4 nitrogen and oxygen atoms in total. The van der Waals surface area contributed by atoms with E-state index in [-0.39, 0.29) is 0 Å². The van der Waals surface area contributed by atoms with E-state index in [0.29, 0.717) is 0 Å². The van der Waals surface area contributed by atoms with Gasteiger partial charge in [0.25, 0.3) is 0 Å². The molecular formula is C18H26N4. The summed E-state index contributed by atoms with van der Waals surface area (Å²) in [6.07, 6.45) is 6.63. The smallest absolute Gasteiger partial charge is 0.128 e. The highest BCUT2D eigenvalue weighted by Crippen LogP contribution is 2.15. The summed E-state index contributed by atoms with van der Waals surface area (Å²) in [5.74, 6) is 2.43. The van der Waals surface area contributed by atoms with Crippen LogP contribution >= 0.6 is 0 Å². The maximum Gasteiger partial charge on any atom is 0.128 e. The molecule has 22 heavy (non-hydrogen) atoms. The molecule has 0 spiro atoms. The number of nitrogens with zero attached hydrogens (tertiary/aromatic N) is 3. The molecule has 0 radical (unpaired) electrons. The van der Waals surface area contributed by atoms with Crippen LogP contribution in [0.25, 0.3) is 0 Å². The zero-order valence-electron chi connectivity index (χ0n) is 13.3. The zero-order valence-corrected chi connectivity index (χ0v) is 13.3. The van der Waals surface area contributed by atoms with Gasteiger partial charge in [0.15, 0.2) is 0 Å². The van der Waals surface area contributed by atoms with Crippen LogP contribution in [0.5, 0.6) is 0 Å². The van der Waals surface area contributed by atoms with Gasteiger partial charge in [-0.2, -0.15) is 0 Å². The van der Waals surface area contributed by atoms with Crippen molar-refractivity contribution in [1.82, 2.24) is 10.2 Å². The van der Waals surface area contributed by atoms with Crippen molar-refractivity contribution >= 4 is 11.7 Å². The van der Waals surface area contributed by atoms with Gasteiger partial charge in [-0.25, -0.2) is 0 Å². The third kappa shape index (κ3) is 4.09. The lowest BCUT2D eigenvalue weighted by Gasteiger charge is -2.27. The van der Waals surface area contributed by atoms with Gasteiger partial charge in [-0.1, -0.05) is 36.8 Å². The van der Waals surface area contributed by atoms with Gasteiger partial charge in [-0.3, -0.25) is 9.98 Å². The van der Waals surface area contributed by atoms with E-state index in [2.05, 4.69) is 32.3 Å². The Kier molecular flexibility index (Phi) is 5.46. The van der Waals surface area contributed by atoms with Gasteiger partial charge in [0.2, 0.25) is 0 Å². The second kappa shape index (κ2) is 7.97. The van der Waals surface area contributed by atoms with Crippen molar-refractivity contribution in [2.45, 2.75) is 32.1 Å². The Labute approximate surface area is 133 Å². The molecule has 1 N–H and O–H groups in total. The predicted octanol–water partition coefficient (Wildman–Crippen LogP) is 2.70. The van der Waals surface area contributed by atoms with Crippen LogP contribution in [0.3, 0.4) is 0 Å². The molecule has 1 saturated heterocycles. The molecule has 3 aliphatic rings. The maximum absolute atomic E-state index is 4.55. The number of rotatable bonds is 1. The molecule has 0 unspecified atom stereocenters. The summed E-state index contributed by atoms with van der Waals surface area (Å²) in [4.78, 5) is 11.3. The molecule has 0 amide bonds. The van der Waals surface area contributed by atoms with Gasteiger partial charge in [-0.15, -0.1) is 0 Å². The highest BCUT2D eigenvalue weighted by atomic mass is 15.2. The molecule has 3 aliphatic heterocycles. The van der Waals surface area contributed by atoms with Crippen LogP contribution in [0, 0.1) is 0 Å². The molecule has 0 atom stereocenters. The highest BCUT2D eigenvalue weighted by Gasteiger charge is 2.16. The average molecular weight is 298 g/mol. The summed E-state index contributed by atoms with van der Waals surface area (Å²) < 4.78 is 0. The molecule has 3 heterocycles. The Balaban J connectivity index is 0.000000131. The Morgan fingerprint density at radius 2 is 1.73 bits per heavy atom. The Morgan fingerprint density at radius 1 is 0.864 bits per heavy atom. The van der Waals surface area contributed by atoms with Crippen LogP contribution in [0.2, 0.25) is 0 Å². The summed E-state index contributed by atoms with van der Waals surface area (Å²) in [6, 6.07) is 10.2. The van der Waals surface area contributed by atoms with Crippen LogP contribution in [0.1, 0.15) is 37.7 Å². The van der Waals surface area contributed by atoms with Gasteiger partial charge < -0.3 is 10.2 Å². The van der Waals surface area contributed by atoms with Crippen LogP contribution in [0.15, 0.2) is 40.3 Å². The van der Waals surface area contributed by atoms with Gasteiger partial charge >= 0.3 is 0 Å². The van der Waals surface area contributed by atoms with Crippen molar-refractivity contribution in [2.24, 2.45) is 9.98 Å². The first kappa shape index (κ1) is 15.1. The lowest BCUT2D eigenvalue weighted by Crippen LogP contribution is -2.34. The normalized spacial score (nSPS) is 20.6. The Morgan fingerprint density at radius 3 is 2.55 bits per heavy atom. The van der Waals surface area contributed by atoms with Crippen LogP contribution in [0.4, 0.5) is 0 Å². The summed E-state index contributed by atoms with van der Waals surface area (Å²) in [5, 5.41) is 3.22. The molecule has 118 valence electrons. The molecular weight excluding hydrogens is 272 g/mol. The third-order valence-electron chi connectivity index (χ3n) is 4.30. The van der Waals surface area contributed by atoms with E-state index < -0.39 is 0 Å². The fourth-order valence-electron chi connectivity index (χ4n) is 3.13. The van der Waals surface area contributed by atoms with Gasteiger partial charge in [0.05, 0.1) is 12.4 Å². The van der Waals surface area contributed by atoms with E-state index in [9.17, 15) is 0 Å². The van der Waals surface area contributed by atoms with Crippen molar-refractivity contribution < 1.29 is 0 Å². The number of nitrogens with one attached hydrogen (secondary N) is 1. The lowest BCUT2D eigenvalue weighted by atomic mass is 10.2. The minimum atomic E-state index is 0.907. The number of benzene rings is 1. The minimum absolute atomic E-state index is 0.907. The summed E-state index contributed by atoms with van der Waals surface area (Å²) in [7, 11) is 0. The SMILES string of the molecule is C1CCC2=NCCCN2CC1.c1ccc(C2=NCCN2)cc1. The second-order valence-electron chi connectivity index (χ2n) is 5.97. The van der Waals surface area contributed by atoms with Gasteiger partial charge in [0.1, 0.15) is 5.84 Å². The van der Waals surface area contributed by atoms with Crippen molar-refractivity contribution in [2.75, 3.05) is 32.7 Å². The maximum atomic E-state index is 4.55. The standard InChI is InChI=1S/C9H16N2.C9H10N2/c1-2-5-9-10-6-4-8-11(9)7-3-1;1-2-4-8(5-3-1)9-10-6-7-11-9/h1-8H2;1-5H,6-7H2,(H,10,11). The molecule has 0 bridgehead atoms. The summed E-state index contributed by atoms with van der Waals surface area (Å²) in [6.45, 7) is 5.48. The van der Waals surface area contributed by atoms with E-state index in [1.807, 2.05) is 18.2 Å². The summed E-state index contributed by atoms with van der Waals surface area (Å²) in [5.41, 5.74) is 1.19. The zero-order chi connectivity index (χ0) is 15.0. The Hall–Kier alpha value is -1.84. The first-order valence-corrected chi connectivity index (χ1v) is 8.55. The predicted molar refractivity (Wildman–Crippen MR) is 92.8 cm³/mol. The molecule has 1 fully saturated rings. The monoisotopic (exact) mass is 298 g/mol. The van der Waals surface area contributed by atoms with E-state index >= 15 is 0 Å². The largest absolute Gasteiger partial charge is 0.368 e. The fourth-order valence-corrected chi connectivity index (χ4v) is 3.13. The van der Waals surface area contributed by atoms with Gasteiger partial charge in [0, 0.05) is 38.2 Å². The first-order chi connectivity index (χ1) is 10.9. The number of hydrogen-bond donors (Lipinski definition) is 1. The number of fused-ring (bicyclic) bond motifs is 1. The second-order valence-corrected chi connectivity index (χ2v) is 5.97. The number of aliphatic imine (C=N–C) groups is 2. The quantitative estimate of drug-likeness (QED) is 0.866. The molecule has 1 aromatic carbocycles. The van der Waals surface area contributed by atoms with Crippen LogP contribution in [-0.2, 0) is 0 Å². The molecule has 0 saturated carbocycles.